The van der Waals surface area contributed by atoms with E-state index in [1.807, 2.05) is 0 Å². The van der Waals surface area contributed by atoms with E-state index in [1.54, 1.807) is 0 Å². The quantitative estimate of drug-likeness (QED) is 0.684. The number of hydrogen-bond acceptors (Lipinski definition) is 3. The van der Waals surface area contributed by atoms with Crippen molar-refractivity contribution in [1.29, 1.82) is 0 Å². The van der Waals surface area contributed by atoms with Crippen LogP contribution in [0.5, 0.6) is 0 Å². The van der Waals surface area contributed by atoms with Crippen LogP contribution in [0.3, 0.4) is 0 Å². The monoisotopic (exact) mass is 302 g/mol. The van der Waals surface area contributed by atoms with Crippen LogP contribution < -0.4 is 5.32 Å². The second-order valence-corrected chi connectivity index (χ2v) is 5.31. The molecule has 0 radical (unpaired) electrons. The van der Waals surface area contributed by atoms with Gasteiger partial charge in [0.2, 0.25) is 0 Å². The minimum absolute atomic E-state index is 0.217. The maximum atomic E-state index is 13.2. The summed E-state index contributed by atoms with van der Waals surface area (Å²) in [6.45, 7) is 2.13. The Morgan fingerprint density at radius 3 is 2.71 bits per heavy atom. The molecule has 0 aromatic heterocycles. The van der Waals surface area contributed by atoms with E-state index in [-0.39, 0.29) is 16.2 Å². The number of nitrogens with zero attached hydrogens (tertiary/aromatic N) is 1. The summed E-state index contributed by atoms with van der Waals surface area (Å²) >= 11 is 3.03. The van der Waals surface area contributed by atoms with Gasteiger partial charge in [0.15, 0.2) is 0 Å². The average Bonchev–Trinajstić information content (AvgIpc) is 2.20. The molecule has 0 saturated heterocycles. The lowest BCUT2D eigenvalue weighted by atomic mass is 9.82. The molecule has 0 amide bonds. The molecular weight excluding hydrogens is 291 g/mol. The third-order valence-electron chi connectivity index (χ3n) is 2.97. The van der Waals surface area contributed by atoms with Crippen molar-refractivity contribution in [2.75, 3.05) is 5.32 Å². The lowest BCUT2D eigenvalue weighted by Gasteiger charge is -2.33. The minimum Gasteiger partial charge on any atom is -0.377 e. The highest BCUT2D eigenvalue weighted by molar-refractivity contribution is 9.10. The molecule has 0 spiro atoms. The first-order chi connectivity index (χ1) is 7.97. The predicted molar refractivity (Wildman–Crippen MR) is 66.6 cm³/mol. The fraction of sp³-hybridized carbons (Fsp3) is 0.455. The minimum atomic E-state index is -0.621. The predicted octanol–water partition coefficient (Wildman–Crippen LogP) is 3.71. The average molecular weight is 303 g/mol. The molecule has 2 rings (SSSR count). The zero-order valence-corrected chi connectivity index (χ0v) is 10.8. The molecule has 0 unspecified atom stereocenters. The Labute approximate surface area is 106 Å². The summed E-state index contributed by atoms with van der Waals surface area (Å²) in [4.78, 5) is 10.3. The molecule has 0 atom stereocenters. The number of halogens is 2. The van der Waals surface area contributed by atoms with E-state index >= 15 is 0 Å². The zero-order chi connectivity index (χ0) is 12.6. The molecule has 4 nitrogen and oxygen atoms in total. The van der Waals surface area contributed by atoms with Gasteiger partial charge in [0.1, 0.15) is 11.5 Å². The van der Waals surface area contributed by atoms with Gasteiger partial charge in [0.25, 0.3) is 5.69 Å². The smallest absolute Gasteiger partial charge is 0.295 e. The number of hydrogen-bond donors (Lipinski definition) is 1. The summed E-state index contributed by atoms with van der Waals surface area (Å²) in [5.74, 6) is 0.0275. The van der Waals surface area contributed by atoms with Crippen LogP contribution in [0.15, 0.2) is 16.6 Å². The molecule has 1 fully saturated rings. The van der Waals surface area contributed by atoms with Crippen molar-refractivity contribution in [2.45, 2.75) is 25.8 Å². The lowest BCUT2D eigenvalue weighted by molar-refractivity contribution is -0.384. The number of nitro benzene ring substituents is 1. The standard InChI is InChI=1S/C11H12BrFN2O2/c1-6-2-7(3-6)14-10-4-8(12)9(13)5-11(10)15(16)17/h4-7,14H,2-3H2,1H3. The summed E-state index contributed by atoms with van der Waals surface area (Å²) in [7, 11) is 0. The molecule has 0 aliphatic heterocycles. The van der Waals surface area contributed by atoms with Crippen molar-refractivity contribution in [3.05, 3.63) is 32.5 Å². The maximum Gasteiger partial charge on any atom is 0.295 e. The number of nitro groups is 1. The van der Waals surface area contributed by atoms with Gasteiger partial charge in [0, 0.05) is 6.04 Å². The topological polar surface area (TPSA) is 55.2 Å². The van der Waals surface area contributed by atoms with Gasteiger partial charge in [-0.15, -0.1) is 0 Å². The third-order valence-corrected chi connectivity index (χ3v) is 3.58. The van der Waals surface area contributed by atoms with Crippen LogP contribution in [-0.2, 0) is 0 Å². The van der Waals surface area contributed by atoms with Crippen LogP contribution in [-0.4, -0.2) is 11.0 Å². The number of nitrogens with one attached hydrogen (secondary N) is 1. The molecule has 1 aliphatic rings. The first kappa shape index (κ1) is 12.3. The molecule has 92 valence electrons. The van der Waals surface area contributed by atoms with Gasteiger partial charge >= 0.3 is 0 Å². The Balaban J connectivity index is 2.25. The fourth-order valence-corrected chi connectivity index (χ4v) is 2.39. The Morgan fingerprint density at radius 2 is 2.18 bits per heavy atom. The van der Waals surface area contributed by atoms with Crippen molar-refractivity contribution in [3.8, 4) is 0 Å². The fourth-order valence-electron chi connectivity index (χ4n) is 2.04. The molecule has 0 bridgehead atoms. The molecule has 1 aromatic rings. The van der Waals surface area contributed by atoms with Crippen LogP contribution in [0.2, 0.25) is 0 Å². The van der Waals surface area contributed by atoms with Crippen molar-refractivity contribution < 1.29 is 9.31 Å². The lowest BCUT2D eigenvalue weighted by Crippen LogP contribution is -2.33. The molecule has 1 N–H and O–H groups in total. The van der Waals surface area contributed by atoms with E-state index < -0.39 is 10.7 Å². The van der Waals surface area contributed by atoms with E-state index in [0.717, 1.165) is 18.9 Å². The van der Waals surface area contributed by atoms with Crippen LogP contribution in [0, 0.1) is 21.8 Å². The van der Waals surface area contributed by atoms with Crippen molar-refractivity contribution in [3.63, 3.8) is 0 Å². The molecule has 1 saturated carbocycles. The summed E-state index contributed by atoms with van der Waals surface area (Å²) < 4.78 is 13.5. The SMILES string of the molecule is CC1CC(Nc2cc(Br)c(F)cc2[N+](=O)[O-])C1. The highest BCUT2D eigenvalue weighted by atomic mass is 79.9. The van der Waals surface area contributed by atoms with Crippen molar-refractivity contribution in [2.24, 2.45) is 5.92 Å². The summed E-state index contributed by atoms with van der Waals surface area (Å²) in [6.07, 6.45) is 1.98. The summed E-state index contributed by atoms with van der Waals surface area (Å²) in [5.41, 5.74) is 0.158. The van der Waals surface area contributed by atoms with Crippen LogP contribution in [0.4, 0.5) is 15.8 Å². The van der Waals surface area contributed by atoms with Crippen LogP contribution in [0.1, 0.15) is 19.8 Å². The van der Waals surface area contributed by atoms with Gasteiger partial charge in [-0.1, -0.05) is 6.92 Å². The maximum absolute atomic E-state index is 13.2. The van der Waals surface area contributed by atoms with E-state index in [1.165, 1.54) is 6.07 Å². The van der Waals surface area contributed by atoms with Gasteiger partial charge in [-0.2, -0.15) is 0 Å². The Kier molecular flexibility index (Phi) is 3.33. The van der Waals surface area contributed by atoms with Gasteiger partial charge in [-0.3, -0.25) is 10.1 Å². The zero-order valence-electron chi connectivity index (χ0n) is 9.24. The Bertz CT molecular complexity index is 461. The highest BCUT2D eigenvalue weighted by Gasteiger charge is 2.27. The third kappa shape index (κ3) is 2.57. The highest BCUT2D eigenvalue weighted by Crippen LogP contribution is 2.35. The number of benzene rings is 1. The van der Waals surface area contributed by atoms with Crippen LogP contribution in [0.25, 0.3) is 0 Å². The first-order valence-corrected chi connectivity index (χ1v) is 6.16. The molecule has 17 heavy (non-hydrogen) atoms. The van der Waals surface area contributed by atoms with Gasteiger partial charge < -0.3 is 5.32 Å². The largest absolute Gasteiger partial charge is 0.377 e. The van der Waals surface area contributed by atoms with E-state index in [0.29, 0.717) is 11.6 Å². The second kappa shape index (κ2) is 4.60. The molecule has 6 heteroatoms. The molecule has 1 aliphatic carbocycles. The Morgan fingerprint density at radius 1 is 1.53 bits per heavy atom. The second-order valence-electron chi connectivity index (χ2n) is 4.46. The molecule has 1 aromatic carbocycles. The molecular formula is C11H12BrFN2O2. The number of anilines is 1. The van der Waals surface area contributed by atoms with E-state index in [2.05, 4.69) is 28.2 Å². The molecule has 0 heterocycles. The Hall–Kier alpha value is -1.17. The van der Waals surface area contributed by atoms with E-state index in [9.17, 15) is 14.5 Å². The van der Waals surface area contributed by atoms with Crippen LogP contribution >= 0.6 is 15.9 Å². The van der Waals surface area contributed by atoms with Gasteiger partial charge in [-0.25, -0.2) is 4.39 Å². The van der Waals surface area contributed by atoms with Crippen molar-refractivity contribution in [1.82, 2.24) is 0 Å². The van der Waals surface area contributed by atoms with E-state index in [4.69, 9.17) is 0 Å². The van der Waals surface area contributed by atoms with Crippen molar-refractivity contribution >= 4 is 27.3 Å². The summed E-state index contributed by atoms with van der Waals surface area (Å²) in [5, 5.41) is 13.9. The normalized spacial score (nSPS) is 23.0. The summed E-state index contributed by atoms with van der Waals surface area (Å²) in [6, 6.07) is 2.62. The van der Waals surface area contributed by atoms with Gasteiger partial charge in [0.05, 0.1) is 15.5 Å². The number of rotatable bonds is 3. The first-order valence-electron chi connectivity index (χ1n) is 5.37. The van der Waals surface area contributed by atoms with Gasteiger partial charge in [-0.05, 0) is 40.8 Å².